The van der Waals surface area contributed by atoms with E-state index in [0.717, 1.165) is 12.8 Å². The van der Waals surface area contributed by atoms with E-state index in [1.165, 1.54) is 0 Å². The molecule has 0 aliphatic rings. The second-order valence-electron chi connectivity index (χ2n) is 2.18. The molecule has 2 nitrogen and oxygen atoms in total. The van der Waals surface area contributed by atoms with Crippen molar-refractivity contribution in [1.82, 2.24) is 0 Å². The molecule has 3 heteroatoms. The molecule has 0 aromatic rings. The third-order valence-electron chi connectivity index (χ3n) is 1.22. The molecule has 10 heavy (non-hydrogen) atoms. The summed E-state index contributed by atoms with van der Waals surface area (Å²) >= 11 is 4.20. The highest BCUT2D eigenvalue weighted by molar-refractivity contribution is 7.80. The minimum absolute atomic E-state index is 0.0138. The average Bonchev–Trinajstić information content (AvgIpc) is 1.88. The summed E-state index contributed by atoms with van der Waals surface area (Å²) in [4.78, 5) is 0. The second-order valence-corrected chi connectivity index (χ2v) is 2.76. The normalized spacial score (nSPS) is 16.8. The first kappa shape index (κ1) is 10.3. The maximum Gasteiger partial charge on any atom is 0.155 e. The molecule has 0 heterocycles. The third-order valence-corrected chi connectivity index (χ3v) is 1.60. The van der Waals surface area contributed by atoms with Gasteiger partial charge in [0.1, 0.15) is 5.44 Å². The summed E-state index contributed by atoms with van der Waals surface area (Å²) in [7, 11) is 1.62. The van der Waals surface area contributed by atoms with Crippen LogP contribution in [0.1, 0.15) is 26.7 Å². The molecule has 0 aromatic heterocycles. The standard InChI is InChI=1S/C7H16O2S/c1-4-5-7(10)9-6(2)8-3/h6-7,10H,4-5H2,1-3H3. The van der Waals surface area contributed by atoms with Gasteiger partial charge in [-0.3, -0.25) is 0 Å². The van der Waals surface area contributed by atoms with Crippen molar-refractivity contribution in [3.63, 3.8) is 0 Å². The Morgan fingerprint density at radius 3 is 2.50 bits per heavy atom. The van der Waals surface area contributed by atoms with E-state index >= 15 is 0 Å². The van der Waals surface area contributed by atoms with Gasteiger partial charge in [0, 0.05) is 7.11 Å². The molecule has 0 amide bonds. The number of hydrogen-bond acceptors (Lipinski definition) is 3. The van der Waals surface area contributed by atoms with Crippen LogP contribution in [-0.2, 0) is 9.47 Å². The highest BCUT2D eigenvalue weighted by atomic mass is 32.1. The Hall–Kier alpha value is 0.270. The molecule has 0 radical (unpaired) electrons. The van der Waals surface area contributed by atoms with Gasteiger partial charge < -0.3 is 9.47 Å². The highest BCUT2D eigenvalue weighted by Gasteiger charge is 2.05. The van der Waals surface area contributed by atoms with E-state index < -0.39 is 0 Å². The van der Waals surface area contributed by atoms with Gasteiger partial charge in [-0.25, -0.2) is 0 Å². The lowest BCUT2D eigenvalue weighted by Crippen LogP contribution is -2.16. The van der Waals surface area contributed by atoms with Gasteiger partial charge in [0.25, 0.3) is 0 Å². The van der Waals surface area contributed by atoms with E-state index in [1.807, 2.05) is 6.92 Å². The van der Waals surface area contributed by atoms with Crippen molar-refractivity contribution in [2.45, 2.75) is 38.4 Å². The minimum Gasteiger partial charge on any atom is -0.356 e. The molecule has 0 fully saturated rings. The van der Waals surface area contributed by atoms with E-state index in [-0.39, 0.29) is 11.7 Å². The van der Waals surface area contributed by atoms with Crippen molar-refractivity contribution >= 4 is 12.6 Å². The molecule has 2 atom stereocenters. The largest absolute Gasteiger partial charge is 0.356 e. The predicted octanol–water partition coefficient (Wildman–Crippen LogP) is 2.05. The van der Waals surface area contributed by atoms with Gasteiger partial charge in [0.05, 0.1) is 0 Å². The van der Waals surface area contributed by atoms with Crippen LogP contribution in [-0.4, -0.2) is 18.8 Å². The van der Waals surface area contributed by atoms with Crippen LogP contribution in [0.3, 0.4) is 0 Å². The average molecular weight is 164 g/mol. The summed E-state index contributed by atoms with van der Waals surface area (Å²) in [5.41, 5.74) is 0.0138. The summed E-state index contributed by atoms with van der Waals surface area (Å²) < 4.78 is 10.2. The van der Waals surface area contributed by atoms with Crippen molar-refractivity contribution in [3.05, 3.63) is 0 Å². The van der Waals surface area contributed by atoms with Gasteiger partial charge in [0.2, 0.25) is 0 Å². The molecular weight excluding hydrogens is 148 g/mol. The topological polar surface area (TPSA) is 18.5 Å². The van der Waals surface area contributed by atoms with Crippen molar-refractivity contribution < 1.29 is 9.47 Å². The zero-order valence-electron chi connectivity index (χ0n) is 6.83. The Bertz CT molecular complexity index is 78.0. The van der Waals surface area contributed by atoms with E-state index in [0.29, 0.717) is 0 Å². The van der Waals surface area contributed by atoms with Gasteiger partial charge in [-0.15, -0.1) is 12.6 Å². The zero-order chi connectivity index (χ0) is 7.98. The Kier molecular flexibility index (Phi) is 6.17. The van der Waals surface area contributed by atoms with Gasteiger partial charge >= 0.3 is 0 Å². The van der Waals surface area contributed by atoms with Gasteiger partial charge in [-0.05, 0) is 13.3 Å². The molecule has 62 valence electrons. The minimum atomic E-state index is -0.144. The molecule has 2 unspecified atom stereocenters. The van der Waals surface area contributed by atoms with Crippen molar-refractivity contribution in [2.24, 2.45) is 0 Å². The van der Waals surface area contributed by atoms with E-state index in [9.17, 15) is 0 Å². The number of methoxy groups -OCH3 is 1. The molecule has 0 aliphatic heterocycles. The maximum atomic E-state index is 5.28. The lowest BCUT2D eigenvalue weighted by Gasteiger charge is -2.15. The molecule has 0 spiro atoms. The van der Waals surface area contributed by atoms with Crippen LogP contribution in [0.25, 0.3) is 0 Å². The molecule has 0 aromatic carbocycles. The summed E-state index contributed by atoms with van der Waals surface area (Å²) in [5.74, 6) is 0. The van der Waals surface area contributed by atoms with Crippen molar-refractivity contribution in [2.75, 3.05) is 7.11 Å². The fourth-order valence-corrected chi connectivity index (χ4v) is 1.02. The molecule has 0 saturated heterocycles. The maximum absolute atomic E-state index is 5.28. The first-order valence-corrected chi connectivity index (χ1v) is 4.08. The van der Waals surface area contributed by atoms with Crippen LogP contribution in [0, 0.1) is 0 Å². The van der Waals surface area contributed by atoms with Crippen LogP contribution >= 0.6 is 12.6 Å². The molecule has 0 aliphatic carbocycles. The number of ether oxygens (including phenoxy) is 2. The van der Waals surface area contributed by atoms with Gasteiger partial charge in [0.15, 0.2) is 6.29 Å². The monoisotopic (exact) mass is 164 g/mol. The second kappa shape index (κ2) is 6.01. The summed E-state index contributed by atoms with van der Waals surface area (Å²) in [6.07, 6.45) is 1.91. The molecule has 0 saturated carbocycles. The first-order valence-electron chi connectivity index (χ1n) is 3.57. The van der Waals surface area contributed by atoms with Crippen LogP contribution in [0.2, 0.25) is 0 Å². The van der Waals surface area contributed by atoms with Gasteiger partial charge in [-0.1, -0.05) is 13.3 Å². The van der Waals surface area contributed by atoms with Gasteiger partial charge in [-0.2, -0.15) is 0 Å². The Morgan fingerprint density at radius 2 is 2.10 bits per heavy atom. The molecule has 0 N–H and O–H groups in total. The highest BCUT2D eigenvalue weighted by Crippen LogP contribution is 2.08. The number of thiol groups is 1. The Balaban J connectivity index is 3.27. The molecular formula is C7H16O2S. The Morgan fingerprint density at radius 1 is 1.50 bits per heavy atom. The predicted molar refractivity (Wildman–Crippen MR) is 45.2 cm³/mol. The first-order chi connectivity index (χ1) is 4.70. The van der Waals surface area contributed by atoms with E-state index in [4.69, 9.17) is 9.47 Å². The van der Waals surface area contributed by atoms with Crippen LogP contribution in [0.5, 0.6) is 0 Å². The summed E-state index contributed by atoms with van der Waals surface area (Å²) in [6, 6.07) is 0. The van der Waals surface area contributed by atoms with Crippen molar-refractivity contribution in [1.29, 1.82) is 0 Å². The lowest BCUT2D eigenvalue weighted by atomic mass is 10.4. The fourth-order valence-electron chi connectivity index (χ4n) is 0.592. The quantitative estimate of drug-likeness (QED) is 0.495. The SMILES string of the molecule is CCCC(S)OC(C)OC. The van der Waals surface area contributed by atoms with Crippen molar-refractivity contribution in [3.8, 4) is 0 Å². The lowest BCUT2D eigenvalue weighted by molar-refractivity contribution is -0.121. The number of rotatable bonds is 5. The number of hydrogen-bond donors (Lipinski definition) is 1. The van der Waals surface area contributed by atoms with Crippen LogP contribution < -0.4 is 0 Å². The molecule has 0 rings (SSSR count). The van der Waals surface area contributed by atoms with Crippen LogP contribution in [0.15, 0.2) is 0 Å². The fraction of sp³-hybridized carbons (Fsp3) is 1.00. The summed E-state index contributed by atoms with van der Waals surface area (Å²) in [6.45, 7) is 3.96. The Labute approximate surface area is 68.3 Å². The van der Waals surface area contributed by atoms with E-state index in [2.05, 4.69) is 19.6 Å². The smallest absolute Gasteiger partial charge is 0.155 e. The molecule has 0 bridgehead atoms. The zero-order valence-corrected chi connectivity index (χ0v) is 7.73. The third kappa shape index (κ3) is 5.09. The van der Waals surface area contributed by atoms with Crippen LogP contribution in [0.4, 0.5) is 0 Å². The van der Waals surface area contributed by atoms with E-state index in [1.54, 1.807) is 7.11 Å². The summed E-state index contributed by atoms with van der Waals surface area (Å²) in [5, 5.41) is 0.